The van der Waals surface area contributed by atoms with Gasteiger partial charge in [0.05, 0.1) is 44.6 Å². The van der Waals surface area contributed by atoms with Crippen molar-refractivity contribution in [2.45, 2.75) is 24.8 Å². The van der Waals surface area contributed by atoms with Gasteiger partial charge in [-0.1, -0.05) is 0 Å². The molecule has 16 heteroatoms. The van der Waals surface area contributed by atoms with Gasteiger partial charge in [0.25, 0.3) is 5.91 Å². The Kier molecular flexibility index (Phi) is 7.03. The average molecular weight is 594 g/mol. The standard InChI is InChI=1S/C27H31N9O7/c1-33-16-17(15-28-33)22-30-23-21(25(32-22)35-8-12-41-13-9-35)29-24(31-23)26(39)36-5-4-18(34-6-10-40-11-7-34)14-27(36)42-19(37)2-3-20(38)43-27/h2-3,15-16,18H,4-14H2,1H3,(H,29,30,31,32). The number of carbonyl (C=O) groups is 3. The SMILES string of the molecule is Cn1cc(-c2nc(N3CCOCC3)c3[nH]c(C(=O)N4CCC(N5CCOCC5)CC45OC(=O)C=CC(=O)O5)nc3n2)cn1. The normalized spacial score (nSPS) is 23.0. The van der Waals surface area contributed by atoms with Gasteiger partial charge in [0, 0.05) is 64.2 Å². The first-order valence-electron chi connectivity index (χ1n) is 14.3. The molecule has 1 spiro atoms. The number of amides is 1. The maximum Gasteiger partial charge on any atom is 0.347 e. The van der Waals surface area contributed by atoms with Crippen LogP contribution in [0.3, 0.4) is 0 Å². The molecule has 0 radical (unpaired) electrons. The van der Waals surface area contributed by atoms with E-state index in [0.29, 0.717) is 81.7 Å². The molecule has 3 fully saturated rings. The van der Waals surface area contributed by atoms with Crippen LogP contribution in [0, 0.1) is 0 Å². The minimum atomic E-state index is -1.95. The van der Waals surface area contributed by atoms with Crippen molar-refractivity contribution in [1.29, 1.82) is 0 Å². The summed E-state index contributed by atoms with van der Waals surface area (Å²) in [7, 11) is 1.80. The van der Waals surface area contributed by atoms with E-state index in [-0.39, 0.29) is 30.5 Å². The lowest BCUT2D eigenvalue weighted by atomic mass is 9.98. The number of ether oxygens (including phenoxy) is 4. The van der Waals surface area contributed by atoms with Gasteiger partial charge in [-0.2, -0.15) is 5.10 Å². The molecular weight excluding hydrogens is 562 g/mol. The number of likely N-dealkylation sites (tertiary alicyclic amines) is 1. The molecule has 1 unspecified atom stereocenters. The van der Waals surface area contributed by atoms with Crippen LogP contribution in [0.4, 0.5) is 5.82 Å². The maximum absolute atomic E-state index is 14.2. The molecule has 43 heavy (non-hydrogen) atoms. The van der Waals surface area contributed by atoms with Gasteiger partial charge in [0.1, 0.15) is 5.52 Å². The molecule has 1 atom stereocenters. The van der Waals surface area contributed by atoms with Crippen LogP contribution in [-0.2, 0) is 35.6 Å². The zero-order chi connectivity index (χ0) is 29.6. The van der Waals surface area contributed by atoms with E-state index in [2.05, 4.69) is 29.9 Å². The van der Waals surface area contributed by atoms with Crippen LogP contribution in [0.5, 0.6) is 0 Å². The van der Waals surface area contributed by atoms with Crippen LogP contribution >= 0.6 is 0 Å². The Morgan fingerprint density at radius 3 is 2.33 bits per heavy atom. The number of nitrogens with one attached hydrogen (secondary N) is 1. The lowest BCUT2D eigenvalue weighted by molar-refractivity contribution is -0.286. The van der Waals surface area contributed by atoms with Gasteiger partial charge in [-0.25, -0.2) is 24.5 Å². The number of esters is 2. The largest absolute Gasteiger partial charge is 0.400 e. The quantitative estimate of drug-likeness (QED) is 0.396. The van der Waals surface area contributed by atoms with E-state index in [1.54, 1.807) is 24.1 Å². The molecule has 3 aromatic rings. The molecule has 1 N–H and O–H groups in total. The summed E-state index contributed by atoms with van der Waals surface area (Å²) in [6.45, 7) is 4.90. The first-order chi connectivity index (χ1) is 20.9. The number of hydrogen-bond acceptors (Lipinski definition) is 13. The smallest absolute Gasteiger partial charge is 0.347 e. The van der Waals surface area contributed by atoms with Gasteiger partial charge < -0.3 is 28.8 Å². The van der Waals surface area contributed by atoms with E-state index in [1.165, 1.54) is 4.90 Å². The first kappa shape index (κ1) is 27.4. The molecule has 1 amide bonds. The van der Waals surface area contributed by atoms with Gasteiger partial charge >= 0.3 is 17.8 Å². The fourth-order valence-corrected chi connectivity index (χ4v) is 5.98. The van der Waals surface area contributed by atoms with E-state index < -0.39 is 23.8 Å². The minimum absolute atomic E-state index is 0.0457. The molecule has 4 aliphatic heterocycles. The highest BCUT2D eigenvalue weighted by atomic mass is 16.8. The second-order valence-corrected chi connectivity index (χ2v) is 10.8. The van der Waals surface area contributed by atoms with Crippen molar-refractivity contribution in [2.75, 3.05) is 64.1 Å². The molecule has 7 rings (SSSR count). The Labute approximate surface area is 245 Å². The van der Waals surface area contributed by atoms with Gasteiger partial charge in [-0.05, 0) is 6.42 Å². The minimum Gasteiger partial charge on any atom is -0.400 e. The molecule has 16 nitrogen and oxygen atoms in total. The zero-order valence-electron chi connectivity index (χ0n) is 23.6. The number of rotatable bonds is 4. The number of morpholine rings is 2. The topological polar surface area (TPSA) is 170 Å². The molecule has 7 heterocycles. The van der Waals surface area contributed by atoms with Crippen molar-refractivity contribution in [1.82, 2.24) is 39.5 Å². The third-order valence-electron chi connectivity index (χ3n) is 8.08. The predicted octanol–water partition coefficient (Wildman–Crippen LogP) is -0.163. The fourth-order valence-electron chi connectivity index (χ4n) is 5.98. The van der Waals surface area contributed by atoms with Crippen LogP contribution in [0.2, 0.25) is 0 Å². The van der Waals surface area contributed by atoms with Crippen molar-refractivity contribution in [2.24, 2.45) is 7.05 Å². The summed E-state index contributed by atoms with van der Waals surface area (Å²) in [6.07, 6.45) is 6.12. The van der Waals surface area contributed by atoms with Gasteiger partial charge in [-0.3, -0.25) is 19.3 Å². The van der Waals surface area contributed by atoms with Crippen molar-refractivity contribution in [3.05, 3.63) is 30.4 Å². The number of nitrogens with zero attached hydrogens (tertiary/aromatic N) is 8. The molecule has 3 aromatic heterocycles. The number of aromatic nitrogens is 6. The lowest BCUT2D eigenvalue weighted by Crippen LogP contribution is -2.64. The van der Waals surface area contributed by atoms with E-state index >= 15 is 0 Å². The number of carbonyl (C=O) groups excluding carboxylic acids is 3. The molecule has 3 saturated heterocycles. The van der Waals surface area contributed by atoms with E-state index in [4.69, 9.17) is 23.9 Å². The Bertz CT molecular complexity index is 1570. The Hall–Kier alpha value is -4.41. The van der Waals surface area contributed by atoms with Crippen molar-refractivity contribution >= 4 is 34.8 Å². The number of fused-ring (bicyclic) bond motifs is 1. The summed E-state index contributed by atoms with van der Waals surface area (Å²) >= 11 is 0. The Morgan fingerprint density at radius 1 is 0.953 bits per heavy atom. The van der Waals surface area contributed by atoms with Crippen LogP contribution in [0.1, 0.15) is 23.5 Å². The maximum atomic E-state index is 14.2. The number of imidazole rings is 1. The summed E-state index contributed by atoms with van der Waals surface area (Å²) in [5, 5.41) is 4.23. The van der Waals surface area contributed by atoms with Crippen LogP contribution in [0.25, 0.3) is 22.6 Å². The molecule has 226 valence electrons. The molecule has 4 aliphatic rings. The van der Waals surface area contributed by atoms with Gasteiger partial charge in [0.2, 0.25) is 0 Å². The van der Waals surface area contributed by atoms with Crippen LogP contribution < -0.4 is 4.90 Å². The third-order valence-corrected chi connectivity index (χ3v) is 8.08. The number of hydrogen-bond donors (Lipinski definition) is 1. The number of aryl methyl sites for hydroxylation is 1. The lowest BCUT2D eigenvalue weighted by Gasteiger charge is -2.48. The molecule has 0 bridgehead atoms. The summed E-state index contributed by atoms with van der Waals surface area (Å²) in [5.74, 6) is -3.17. The number of aromatic amines is 1. The molecular formula is C27H31N9O7. The Balaban J connectivity index is 1.27. The summed E-state index contributed by atoms with van der Waals surface area (Å²) in [5.41, 5.74) is 1.46. The molecule has 0 aromatic carbocycles. The second kappa shape index (κ2) is 11.0. The highest BCUT2D eigenvalue weighted by Gasteiger charge is 2.54. The first-order valence-corrected chi connectivity index (χ1v) is 14.3. The van der Waals surface area contributed by atoms with Crippen molar-refractivity contribution in [3.8, 4) is 11.4 Å². The van der Waals surface area contributed by atoms with Gasteiger partial charge in [-0.15, -0.1) is 0 Å². The number of anilines is 1. The van der Waals surface area contributed by atoms with E-state index in [9.17, 15) is 14.4 Å². The van der Waals surface area contributed by atoms with E-state index in [1.807, 2.05) is 0 Å². The highest BCUT2D eigenvalue weighted by Crippen LogP contribution is 2.37. The number of piperidine rings is 1. The fraction of sp³-hybridized carbons (Fsp3) is 0.519. The average Bonchev–Trinajstić information content (AvgIpc) is 3.63. The summed E-state index contributed by atoms with van der Waals surface area (Å²) < 4.78 is 24.2. The third kappa shape index (κ3) is 5.21. The number of H-pyrrole nitrogens is 1. The summed E-state index contributed by atoms with van der Waals surface area (Å²) in [6, 6.07) is -0.108. The van der Waals surface area contributed by atoms with Gasteiger partial charge in [0.15, 0.2) is 23.1 Å². The van der Waals surface area contributed by atoms with Crippen molar-refractivity contribution < 1.29 is 33.3 Å². The Morgan fingerprint density at radius 2 is 1.65 bits per heavy atom. The predicted molar refractivity (Wildman–Crippen MR) is 147 cm³/mol. The van der Waals surface area contributed by atoms with Crippen LogP contribution in [-0.4, -0.2) is 128 Å². The van der Waals surface area contributed by atoms with E-state index in [0.717, 1.165) is 12.2 Å². The summed E-state index contributed by atoms with van der Waals surface area (Å²) in [4.78, 5) is 62.2. The zero-order valence-corrected chi connectivity index (χ0v) is 23.6. The van der Waals surface area contributed by atoms with Crippen LogP contribution in [0.15, 0.2) is 24.5 Å². The highest BCUT2D eigenvalue weighted by molar-refractivity contribution is 5.98. The molecule has 0 aliphatic carbocycles. The second-order valence-electron chi connectivity index (χ2n) is 10.8. The monoisotopic (exact) mass is 593 g/mol. The molecule has 0 saturated carbocycles. The van der Waals surface area contributed by atoms with Crippen molar-refractivity contribution in [3.63, 3.8) is 0 Å².